The normalized spacial score (nSPS) is 15.4. The van der Waals surface area contributed by atoms with E-state index in [4.69, 9.17) is 4.42 Å². The van der Waals surface area contributed by atoms with Crippen LogP contribution in [0.5, 0.6) is 0 Å². The molecule has 1 unspecified atom stereocenters. The number of carbonyl (C=O) groups is 1. The van der Waals surface area contributed by atoms with Crippen molar-refractivity contribution in [1.29, 1.82) is 5.26 Å². The van der Waals surface area contributed by atoms with Crippen LogP contribution < -0.4 is 10.2 Å². The Labute approximate surface area is 188 Å². The molecule has 1 saturated heterocycles. The second-order valence-electron chi connectivity index (χ2n) is 8.19. The van der Waals surface area contributed by atoms with Gasteiger partial charge in [-0.3, -0.25) is 9.69 Å². The second-order valence-corrected chi connectivity index (χ2v) is 8.19. The molecule has 2 heterocycles. The van der Waals surface area contributed by atoms with Crippen LogP contribution in [0.15, 0.2) is 65.4 Å². The van der Waals surface area contributed by atoms with Gasteiger partial charge < -0.3 is 14.6 Å². The molecule has 3 aromatic rings. The number of hydrogen-bond donors (Lipinski definition) is 1. The zero-order chi connectivity index (χ0) is 22.5. The van der Waals surface area contributed by atoms with Crippen molar-refractivity contribution in [3.8, 4) is 6.07 Å². The Kier molecular flexibility index (Phi) is 6.52. The van der Waals surface area contributed by atoms with Crippen molar-refractivity contribution in [2.45, 2.75) is 19.9 Å². The molecule has 0 radical (unpaired) electrons. The van der Waals surface area contributed by atoms with Gasteiger partial charge in [0.25, 0.3) is 0 Å². The predicted octanol–water partition coefficient (Wildman–Crippen LogP) is 4.05. The summed E-state index contributed by atoms with van der Waals surface area (Å²) >= 11 is 0. The molecule has 7 heteroatoms. The number of piperazine rings is 1. The van der Waals surface area contributed by atoms with Crippen molar-refractivity contribution in [2.24, 2.45) is 5.92 Å². The van der Waals surface area contributed by atoms with Crippen molar-refractivity contribution in [2.75, 3.05) is 36.4 Å². The first kappa shape index (κ1) is 21.6. The minimum Gasteiger partial charge on any atom is -0.447 e. The van der Waals surface area contributed by atoms with Gasteiger partial charge in [-0.25, -0.2) is 4.98 Å². The number of nitriles is 1. The summed E-state index contributed by atoms with van der Waals surface area (Å²) in [5, 5.41) is 12.6. The molecule has 1 fully saturated rings. The highest BCUT2D eigenvalue weighted by atomic mass is 16.3. The fourth-order valence-corrected chi connectivity index (χ4v) is 4.00. The Bertz CT molecular complexity index is 1080. The first-order valence-corrected chi connectivity index (χ1v) is 10.8. The van der Waals surface area contributed by atoms with Crippen molar-refractivity contribution < 1.29 is 9.21 Å². The summed E-state index contributed by atoms with van der Waals surface area (Å²) in [6.07, 6.45) is 3.29. The van der Waals surface area contributed by atoms with E-state index >= 15 is 0 Å². The molecule has 7 nitrogen and oxygen atoms in total. The summed E-state index contributed by atoms with van der Waals surface area (Å²) in [4.78, 5) is 21.0. The number of carbonyl (C=O) groups excluding carboxylic acids is 1. The lowest BCUT2D eigenvalue weighted by molar-refractivity contribution is -0.118. The van der Waals surface area contributed by atoms with E-state index in [-0.39, 0.29) is 17.9 Å². The van der Waals surface area contributed by atoms with Crippen molar-refractivity contribution in [1.82, 2.24) is 9.88 Å². The Hall–Kier alpha value is -3.63. The first-order valence-electron chi connectivity index (χ1n) is 10.8. The van der Waals surface area contributed by atoms with E-state index in [1.165, 1.54) is 0 Å². The molecular formula is C25H27N5O2. The maximum atomic E-state index is 12.0. The molecule has 1 N–H and O–H groups in total. The standard InChI is InChI=1S/C25H27N5O2/c1-18(2)24(31)28-21-8-9-22(20(16-21)17-26)29-11-13-30(14-12-29)23(25-27-10-15-32-25)19-6-4-3-5-7-19/h3-10,15-16,18,23H,11-14H2,1-2H3,(H,28,31). The molecule has 1 aliphatic rings. The number of benzene rings is 2. The van der Waals surface area contributed by atoms with Crippen LogP contribution >= 0.6 is 0 Å². The topological polar surface area (TPSA) is 85.4 Å². The molecule has 4 rings (SSSR count). The van der Waals surface area contributed by atoms with Gasteiger partial charge in [0, 0.05) is 37.8 Å². The van der Waals surface area contributed by atoms with E-state index < -0.39 is 0 Å². The summed E-state index contributed by atoms with van der Waals surface area (Å²) < 4.78 is 5.67. The highest BCUT2D eigenvalue weighted by Crippen LogP contribution is 2.31. The third-order valence-electron chi connectivity index (χ3n) is 5.73. The van der Waals surface area contributed by atoms with Gasteiger partial charge in [-0.1, -0.05) is 44.2 Å². The van der Waals surface area contributed by atoms with Gasteiger partial charge in [-0.2, -0.15) is 5.26 Å². The van der Waals surface area contributed by atoms with E-state index in [1.807, 2.05) is 44.2 Å². The lowest BCUT2D eigenvalue weighted by Gasteiger charge is -2.39. The monoisotopic (exact) mass is 429 g/mol. The van der Waals surface area contributed by atoms with Gasteiger partial charge in [0.05, 0.1) is 17.4 Å². The third-order valence-corrected chi connectivity index (χ3v) is 5.73. The fourth-order valence-electron chi connectivity index (χ4n) is 4.00. The van der Waals surface area contributed by atoms with E-state index in [0.717, 1.165) is 37.4 Å². The molecule has 1 amide bonds. The predicted molar refractivity (Wildman–Crippen MR) is 123 cm³/mol. The van der Waals surface area contributed by atoms with Crippen molar-refractivity contribution >= 4 is 17.3 Å². The van der Waals surface area contributed by atoms with Crippen molar-refractivity contribution in [3.63, 3.8) is 0 Å². The summed E-state index contributed by atoms with van der Waals surface area (Å²) in [6.45, 7) is 6.84. The van der Waals surface area contributed by atoms with Gasteiger partial charge in [-0.05, 0) is 23.8 Å². The van der Waals surface area contributed by atoms with Crippen LogP contribution in [0.4, 0.5) is 11.4 Å². The van der Waals surface area contributed by atoms with Gasteiger partial charge in [0.15, 0.2) is 0 Å². The third kappa shape index (κ3) is 4.66. The van der Waals surface area contributed by atoms with Crippen molar-refractivity contribution in [3.05, 3.63) is 78.0 Å². The zero-order valence-electron chi connectivity index (χ0n) is 18.4. The number of hydrogen-bond acceptors (Lipinski definition) is 6. The first-order chi connectivity index (χ1) is 15.6. The Balaban J connectivity index is 1.49. The van der Waals surface area contributed by atoms with E-state index in [2.05, 4.69) is 38.3 Å². The molecule has 1 aromatic heterocycles. The molecule has 0 saturated carbocycles. The molecule has 1 aliphatic heterocycles. The van der Waals surface area contributed by atoms with Crippen LogP contribution in [0.2, 0.25) is 0 Å². The molecule has 0 spiro atoms. The summed E-state index contributed by atoms with van der Waals surface area (Å²) in [5.41, 5.74) is 3.25. The highest BCUT2D eigenvalue weighted by Gasteiger charge is 2.30. The second kappa shape index (κ2) is 9.67. The smallest absolute Gasteiger partial charge is 0.226 e. The molecule has 1 atom stereocenters. The molecule has 164 valence electrons. The number of oxazole rings is 1. The minimum atomic E-state index is -0.116. The average Bonchev–Trinajstić information content (AvgIpc) is 3.35. The quantitative estimate of drug-likeness (QED) is 0.636. The van der Waals surface area contributed by atoms with Crippen LogP contribution in [-0.2, 0) is 4.79 Å². The molecule has 32 heavy (non-hydrogen) atoms. The van der Waals surface area contributed by atoms with E-state index in [0.29, 0.717) is 17.1 Å². The number of rotatable bonds is 6. The largest absolute Gasteiger partial charge is 0.447 e. The zero-order valence-corrected chi connectivity index (χ0v) is 18.4. The Morgan fingerprint density at radius 3 is 2.50 bits per heavy atom. The highest BCUT2D eigenvalue weighted by molar-refractivity contribution is 5.92. The number of nitrogens with one attached hydrogen (secondary N) is 1. The van der Waals surface area contributed by atoms with Gasteiger partial charge >= 0.3 is 0 Å². The summed E-state index contributed by atoms with van der Waals surface area (Å²) in [6, 6.07) is 18.0. The lowest BCUT2D eigenvalue weighted by atomic mass is 10.0. The van der Waals surface area contributed by atoms with Crippen LogP contribution in [-0.4, -0.2) is 42.0 Å². The lowest BCUT2D eigenvalue weighted by Crippen LogP contribution is -2.48. The molecular weight excluding hydrogens is 402 g/mol. The Morgan fingerprint density at radius 2 is 1.88 bits per heavy atom. The average molecular weight is 430 g/mol. The van der Waals surface area contributed by atoms with E-state index in [9.17, 15) is 10.1 Å². The molecule has 0 aliphatic carbocycles. The molecule has 0 bridgehead atoms. The van der Waals surface area contributed by atoms with E-state index in [1.54, 1.807) is 18.5 Å². The summed E-state index contributed by atoms with van der Waals surface area (Å²) in [5.74, 6) is 0.510. The number of nitrogens with zero attached hydrogens (tertiary/aromatic N) is 4. The van der Waals surface area contributed by atoms with Crippen LogP contribution in [0.1, 0.15) is 36.9 Å². The maximum absolute atomic E-state index is 12.0. The summed E-state index contributed by atoms with van der Waals surface area (Å²) in [7, 11) is 0. The van der Waals surface area contributed by atoms with Crippen LogP contribution in [0.3, 0.4) is 0 Å². The SMILES string of the molecule is CC(C)C(=O)Nc1ccc(N2CCN(C(c3ccccc3)c3ncco3)CC2)c(C#N)c1. The van der Waals surface area contributed by atoms with Crippen LogP contribution in [0.25, 0.3) is 0 Å². The van der Waals surface area contributed by atoms with Gasteiger partial charge in [0.2, 0.25) is 11.8 Å². The number of anilines is 2. The Morgan fingerprint density at radius 1 is 1.12 bits per heavy atom. The van der Waals surface area contributed by atoms with Gasteiger partial charge in [0.1, 0.15) is 18.4 Å². The van der Waals surface area contributed by atoms with Crippen LogP contribution in [0, 0.1) is 17.2 Å². The van der Waals surface area contributed by atoms with Gasteiger partial charge in [-0.15, -0.1) is 0 Å². The fraction of sp³-hybridized carbons (Fsp3) is 0.320. The number of aromatic nitrogens is 1. The number of amides is 1. The molecule has 2 aromatic carbocycles. The maximum Gasteiger partial charge on any atom is 0.226 e. The minimum absolute atomic E-state index is 0.0441.